The van der Waals surface area contributed by atoms with Gasteiger partial charge >= 0.3 is 0 Å². The van der Waals surface area contributed by atoms with Gasteiger partial charge in [0.15, 0.2) is 0 Å². The van der Waals surface area contributed by atoms with E-state index in [4.69, 9.17) is 0 Å². The van der Waals surface area contributed by atoms with E-state index >= 15 is 0 Å². The summed E-state index contributed by atoms with van der Waals surface area (Å²) in [6.45, 7) is 5.11. The quantitative estimate of drug-likeness (QED) is 0.783. The van der Waals surface area contributed by atoms with Crippen LogP contribution in [-0.4, -0.2) is 14.5 Å². The van der Waals surface area contributed by atoms with Gasteiger partial charge in [0.05, 0.1) is 0 Å². The third-order valence-electron chi connectivity index (χ3n) is 3.73. The van der Waals surface area contributed by atoms with Crippen LogP contribution in [0.25, 0.3) is 5.82 Å². The molecule has 0 saturated carbocycles. The van der Waals surface area contributed by atoms with Crippen LogP contribution in [0.15, 0.2) is 61.3 Å². The maximum Gasteiger partial charge on any atom is 0.138 e. The van der Waals surface area contributed by atoms with Gasteiger partial charge in [-0.15, -0.1) is 0 Å². The topological polar surface area (TPSA) is 42.7 Å². The minimum Gasteiger partial charge on any atom is -0.306 e. The van der Waals surface area contributed by atoms with E-state index in [9.17, 15) is 0 Å². The molecule has 3 rings (SSSR count). The van der Waals surface area contributed by atoms with Crippen LogP contribution in [0.4, 0.5) is 0 Å². The molecule has 112 valence electrons. The molecule has 0 amide bonds. The van der Waals surface area contributed by atoms with E-state index in [0.29, 0.717) is 6.04 Å². The number of rotatable bonds is 5. The molecule has 2 heterocycles. The van der Waals surface area contributed by atoms with E-state index in [1.165, 1.54) is 16.7 Å². The Labute approximate surface area is 130 Å². The number of nitrogens with one attached hydrogen (secondary N) is 1. The fourth-order valence-corrected chi connectivity index (χ4v) is 2.43. The molecule has 4 heteroatoms. The van der Waals surface area contributed by atoms with Crippen LogP contribution in [0.3, 0.4) is 0 Å². The van der Waals surface area contributed by atoms with Gasteiger partial charge in [0, 0.05) is 31.2 Å². The van der Waals surface area contributed by atoms with Crippen molar-refractivity contribution in [3.8, 4) is 5.82 Å². The smallest absolute Gasteiger partial charge is 0.138 e. The van der Waals surface area contributed by atoms with Crippen molar-refractivity contribution in [1.29, 1.82) is 0 Å². The summed E-state index contributed by atoms with van der Waals surface area (Å²) in [5, 5.41) is 3.56. The van der Waals surface area contributed by atoms with Crippen LogP contribution in [0.5, 0.6) is 0 Å². The van der Waals surface area contributed by atoms with Gasteiger partial charge in [-0.25, -0.2) is 9.97 Å². The Bertz CT molecular complexity index is 734. The lowest BCUT2D eigenvalue weighted by Crippen LogP contribution is -2.18. The van der Waals surface area contributed by atoms with E-state index < -0.39 is 0 Å². The van der Waals surface area contributed by atoms with Crippen molar-refractivity contribution in [1.82, 2.24) is 19.9 Å². The molecule has 4 nitrogen and oxygen atoms in total. The van der Waals surface area contributed by atoms with E-state index in [1.54, 1.807) is 12.5 Å². The zero-order valence-corrected chi connectivity index (χ0v) is 12.9. The number of imidazole rings is 1. The Balaban J connectivity index is 1.68. The minimum absolute atomic E-state index is 0.310. The van der Waals surface area contributed by atoms with Gasteiger partial charge in [-0.3, -0.25) is 4.57 Å². The zero-order chi connectivity index (χ0) is 15.4. The molecule has 0 aliphatic carbocycles. The second-order valence-electron chi connectivity index (χ2n) is 5.51. The van der Waals surface area contributed by atoms with Crippen LogP contribution >= 0.6 is 0 Å². The molecule has 1 atom stereocenters. The summed E-state index contributed by atoms with van der Waals surface area (Å²) in [4.78, 5) is 8.43. The average Bonchev–Trinajstić information content (AvgIpc) is 3.07. The van der Waals surface area contributed by atoms with E-state index in [-0.39, 0.29) is 0 Å². The Kier molecular flexibility index (Phi) is 4.30. The van der Waals surface area contributed by atoms with Crippen molar-refractivity contribution in [3.63, 3.8) is 0 Å². The van der Waals surface area contributed by atoms with Crippen LogP contribution in [-0.2, 0) is 6.54 Å². The van der Waals surface area contributed by atoms with Gasteiger partial charge < -0.3 is 5.32 Å². The highest BCUT2D eigenvalue weighted by molar-refractivity contribution is 5.28. The monoisotopic (exact) mass is 292 g/mol. The first-order chi connectivity index (χ1) is 10.7. The van der Waals surface area contributed by atoms with Crippen molar-refractivity contribution >= 4 is 0 Å². The van der Waals surface area contributed by atoms with Crippen LogP contribution in [0.2, 0.25) is 0 Å². The molecule has 22 heavy (non-hydrogen) atoms. The first-order valence-electron chi connectivity index (χ1n) is 7.45. The van der Waals surface area contributed by atoms with Gasteiger partial charge in [-0.1, -0.05) is 29.8 Å². The Morgan fingerprint density at radius 3 is 2.86 bits per heavy atom. The Morgan fingerprint density at radius 1 is 1.18 bits per heavy atom. The molecule has 0 fully saturated rings. The fourth-order valence-electron chi connectivity index (χ4n) is 2.43. The predicted octanol–water partition coefficient (Wildman–Crippen LogP) is 3.43. The molecule has 0 unspecified atom stereocenters. The maximum atomic E-state index is 4.37. The molecule has 2 aromatic heterocycles. The lowest BCUT2D eigenvalue weighted by atomic mass is 10.1. The summed E-state index contributed by atoms with van der Waals surface area (Å²) in [7, 11) is 0. The number of benzene rings is 1. The van der Waals surface area contributed by atoms with E-state index in [0.717, 1.165) is 12.4 Å². The van der Waals surface area contributed by atoms with Crippen molar-refractivity contribution in [2.45, 2.75) is 26.4 Å². The highest BCUT2D eigenvalue weighted by atomic mass is 15.1. The van der Waals surface area contributed by atoms with Crippen molar-refractivity contribution in [3.05, 3.63) is 78.0 Å². The molecule has 1 N–H and O–H groups in total. The molecule has 0 bridgehead atoms. The van der Waals surface area contributed by atoms with E-state index in [2.05, 4.69) is 59.5 Å². The molecular formula is C18H20N4. The van der Waals surface area contributed by atoms with Gasteiger partial charge in [-0.05, 0) is 37.1 Å². The average molecular weight is 292 g/mol. The second-order valence-corrected chi connectivity index (χ2v) is 5.51. The fraction of sp³-hybridized carbons (Fsp3) is 0.222. The highest BCUT2D eigenvalue weighted by Gasteiger charge is 2.06. The van der Waals surface area contributed by atoms with Crippen molar-refractivity contribution in [2.75, 3.05) is 0 Å². The summed E-state index contributed by atoms with van der Waals surface area (Å²) in [6.07, 6.45) is 7.25. The molecular weight excluding hydrogens is 272 g/mol. The Morgan fingerprint density at radius 2 is 2.09 bits per heavy atom. The van der Waals surface area contributed by atoms with Crippen molar-refractivity contribution in [2.24, 2.45) is 0 Å². The van der Waals surface area contributed by atoms with E-state index in [1.807, 2.05) is 23.0 Å². The SMILES string of the molecule is Cc1cccc([C@@H](C)NCc2ccnc(-n3ccnc3)c2)c1. The first kappa shape index (κ1) is 14.5. The standard InChI is InChI=1S/C18H20N4/c1-14-4-3-5-17(10-14)15(2)21-12-16-6-7-20-18(11-16)22-9-8-19-13-22/h3-11,13,15,21H,12H2,1-2H3/t15-/m1/s1. The zero-order valence-electron chi connectivity index (χ0n) is 12.9. The summed E-state index contributed by atoms with van der Waals surface area (Å²) >= 11 is 0. The van der Waals surface area contributed by atoms with Gasteiger partial charge in [-0.2, -0.15) is 0 Å². The molecule has 0 aliphatic rings. The largest absolute Gasteiger partial charge is 0.306 e. The third-order valence-corrected chi connectivity index (χ3v) is 3.73. The second kappa shape index (κ2) is 6.54. The number of hydrogen-bond acceptors (Lipinski definition) is 3. The first-order valence-corrected chi connectivity index (χ1v) is 7.45. The molecule has 3 aromatic rings. The summed E-state index contributed by atoms with van der Waals surface area (Å²) in [5.41, 5.74) is 3.81. The molecule has 1 aromatic carbocycles. The molecule has 0 radical (unpaired) electrons. The lowest BCUT2D eigenvalue weighted by Gasteiger charge is -2.15. The molecule has 0 spiro atoms. The number of aromatic nitrogens is 3. The normalized spacial score (nSPS) is 12.3. The molecule has 0 aliphatic heterocycles. The van der Waals surface area contributed by atoms with Gasteiger partial charge in [0.1, 0.15) is 12.1 Å². The number of aryl methyl sites for hydroxylation is 1. The van der Waals surface area contributed by atoms with Gasteiger partial charge in [0.25, 0.3) is 0 Å². The lowest BCUT2D eigenvalue weighted by molar-refractivity contribution is 0.574. The maximum absolute atomic E-state index is 4.37. The van der Waals surface area contributed by atoms with Crippen LogP contribution in [0, 0.1) is 6.92 Å². The minimum atomic E-state index is 0.310. The van der Waals surface area contributed by atoms with Crippen LogP contribution in [0.1, 0.15) is 29.7 Å². The predicted molar refractivity (Wildman–Crippen MR) is 87.8 cm³/mol. The van der Waals surface area contributed by atoms with Crippen LogP contribution < -0.4 is 5.32 Å². The van der Waals surface area contributed by atoms with Gasteiger partial charge in [0.2, 0.25) is 0 Å². The number of nitrogens with zero attached hydrogens (tertiary/aromatic N) is 3. The highest BCUT2D eigenvalue weighted by Crippen LogP contribution is 2.15. The Hall–Kier alpha value is -2.46. The third kappa shape index (κ3) is 3.40. The number of pyridine rings is 1. The van der Waals surface area contributed by atoms with Crippen molar-refractivity contribution < 1.29 is 0 Å². The summed E-state index contributed by atoms with van der Waals surface area (Å²) in [6, 6.07) is 13.0. The number of hydrogen-bond donors (Lipinski definition) is 1. The summed E-state index contributed by atoms with van der Waals surface area (Å²) < 4.78 is 1.91. The molecule has 0 saturated heterocycles. The summed E-state index contributed by atoms with van der Waals surface area (Å²) in [5.74, 6) is 0.889.